The molecule has 0 spiro atoms. The van der Waals surface area contributed by atoms with Crippen molar-refractivity contribution in [3.05, 3.63) is 35.9 Å². The third kappa shape index (κ3) is 4.62. The van der Waals surface area contributed by atoms with Crippen molar-refractivity contribution in [3.63, 3.8) is 0 Å². The quantitative estimate of drug-likeness (QED) is 0.876. The van der Waals surface area contributed by atoms with Crippen molar-refractivity contribution >= 4 is 5.91 Å². The average Bonchev–Trinajstić information content (AvgIpc) is 2.72. The molecule has 0 radical (unpaired) electrons. The highest BCUT2D eigenvalue weighted by atomic mass is 16.2. The zero-order chi connectivity index (χ0) is 14.2. The monoisotopic (exact) mass is 275 g/mol. The van der Waals surface area contributed by atoms with Crippen molar-refractivity contribution in [1.29, 1.82) is 0 Å². The molecule has 1 aliphatic heterocycles. The van der Waals surface area contributed by atoms with E-state index < -0.39 is 0 Å². The SMILES string of the molecule is NCCCN1CCCN(C(=O)Cc2ccccc2)CC1. The molecular weight excluding hydrogens is 250 g/mol. The van der Waals surface area contributed by atoms with Gasteiger partial charge in [-0.2, -0.15) is 0 Å². The van der Waals surface area contributed by atoms with Crippen molar-refractivity contribution in [3.8, 4) is 0 Å². The van der Waals surface area contributed by atoms with E-state index in [9.17, 15) is 4.79 Å². The fourth-order valence-electron chi connectivity index (χ4n) is 2.64. The Kier molecular flexibility index (Phi) is 6.02. The predicted molar refractivity (Wildman–Crippen MR) is 81.5 cm³/mol. The van der Waals surface area contributed by atoms with Crippen LogP contribution in [-0.4, -0.2) is 55.0 Å². The predicted octanol–water partition coefficient (Wildman–Crippen LogP) is 1.11. The van der Waals surface area contributed by atoms with Gasteiger partial charge < -0.3 is 15.5 Å². The number of hydrogen-bond donors (Lipinski definition) is 1. The molecule has 1 aromatic carbocycles. The van der Waals surface area contributed by atoms with E-state index >= 15 is 0 Å². The minimum atomic E-state index is 0.247. The standard InChI is InChI=1S/C16H25N3O/c17-8-4-9-18-10-5-11-19(13-12-18)16(20)14-15-6-2-1-3-7-15/h1-3,6-7H,4-5,8-14,17H2. The van der Waals surface area contributed by atoms with E-state index in [1.54, 1.807) is 0 Å². The number of hydrogen-bond acceptors (Lipinski definition) is 3. The lowest BCUT2D eigenvalue weighted by Crippen LogP contribution is -2.36. The van der Waals surface area contributed by atoms with Gasteiger partial charge in [-0.15, -0.1) is 0 Å². The van der Waals surface area contributed by atoms with Crippen LogP contribution in [0.25, 0.3) is 0 Å². The summed E-state index contributed by atoms with van der Waals surface area (Å²) in [6.45, 7) is 5.57. The van der Waals surface area contributed by atoms with E-state index in [1.807, 2.05) is 35.2 Å². The Hall–Kier alpha value is -1.39. The number of carbonyl (C=O) groups excluding carboxylic acids is 1. The average molecular weight is 275 g/mol. The first-order valence-electron chi connectivity index (χ1n) is 7.53. The van der Waals surface area contributed by atoms with Gasteiger partial charge in [-0.1, -0.05) is 30.3 Å². The molecule has 0 aliphatic carbocycles. The summed E-state index contributed by atoms with van der Waals surface area (Å²) in [6.07, 6.45) is 2.62. The molecular formula is C16H25N3O. The Bertz CT molecular complexity index is 407. The van der Waals surface area contributed by atoms with Crippen LogP contribution in [0.2, 0.25) is 0 Å². The van der Waals surface area contributed by atoms with Gasteiger partial charge in [-0.3, -0.25) is 4.79 Å². The molecule has 20 heavy (non-hydrogen) atoms. The number of amides is 1. The fourth-order valence-corrected chi connectivity index (χ4v) is 2.64. The summed E-state index contributed by atoms with van der Waals surface area (Å²) in [5.41, 5.74) is 6.65. The van der Waals surface area contributed by atoms with Gasteiger partial charge in [-0.05, 0) is 38.0 Å². The van der Waals surface area contributed by atoms with Crippen LogP contribution in [0.5, 0.6) is 0 Å². The van der Waals surface area contributed by atoms with Gasteiger partial charge in [-0.25, -0.2) is 0 Å². The minimum Gasteiger partial charge on any atom is -0.341 e. The molecule has 0 atom stereocenters. The van der Waals surface area contributed by atoms with Crippen LogP contribution in [0.1, 0.15) is 18.4 Å². The smallest absolute Gasteiger partial charge is 0.227 e. The fraction of sp³-hybridized carbons (Fsp3) is 0.562. The lowest BCUT2D eigenvalue weighted by Gasteiger charge is -2.22. The second kappa shape index (κ2) is 8.02. The number of nitrogens with zero attached hydrogens (tertiary/aromatic N) is 2. The topological polar surface area (TPSA) is 49.6 Å². The molecule has 1 aromatic rings. The molecule has 0 bridgehead atoms. The summed E-state index contributed by atoms with van der Waals surface area (Å²) in [6, 6.07) is 9.99. The zero-order valence-corrected chi connectivity index (χ0v) is 12.1. The number of nitrogens with two attached hydrogens (primary N) is 1. The van der Waals surface area contributed by atoms with Crippen molar-refractivity contribution in [1.82, 2.24) is 9.80 Å². The molecule has 1 amide bonds. The summed E-state index contributed by atoms with van der Waals surface area (Å²) < 4.78 is 0. The summed E-state index contributed by atoms with van der Waals surface area (Å²) in [7, 11) is 0. The second-order valence-electron chi connectivity index (χ2n) is 5.38. The highest BCUT2D eigenvalue weighted by Gasteiger charge is 2.18. The van der Waals surface area contributed by atoms with E-state index in [0.29, 0.717) is 6.42 Å². The molecule has 2 N–H and O–H groups in total. The van der Waals surface area contributed by atoms with Gasteiger partial charge in [0.05, 0.1) is 6.42 Å². The summed E-state index contributed by atoms with van der Waals surface area (Å²) in [4.78, 5) is 16.8. The molecule has 0 unspecified atom stereocenters. The summed E-state index contributed by atoms with van der Waals surface area (Å²) in [5.74, 6) is 0.247. The zero-order valence-electron chi connectivity index (χ0n) is 12.1. The second-order valence-corrected chi connectivity index (χ2v) is 5.38. The molecule has 1 aliphatic rings. The number of rotatable bonds is 5. The van der Waals surface area contributed by atoms with Gasteiger partial charge in [0.25, 0.3) is 0 Å². The Morgan fingerprint density at radius 3 is 2.65 bits per heavy atom. The molecule has 4 nitrogen and oxygen atoms in total. The Balaban J connectivity index is 1.82. The molecule has 1 heterocycles. The molecule has 110 valence electrons. The van der Waals surface area contributed by atoms with Crippen molar-refractivity contribution < 1.29 is 4.79 Å². The highest BCUT2D eigenvalue weighted by Crippen LogP contribution is 2.07. The van der Waals surface area contributed by atoms with Crippen LogP contribution < -0.4 is 5.73 Å². The van der Waals surface area contributed by atoms with E-state index in [4.69, 9.17) is 5.73 Å². The molecule has 1 saturated heterocycles. The summed E-state index contributed by atoms with van der Waals surface area (Å²) >= 11 is 0. The lowest BCUT2D eigenvalue weighted by atomic mass is 10.1. The molecule has 1 fully saturated rings. The first-order chi connectivity index (χ1) is 9.79. The lowest BCUT2D eigenvalue weighted by molar-refractivity contribution is -0.130. The number of carbonyl (C=O) groups is 1. The molecule has 0 aromatic heterocycles. The van der Waals surface area contributed by atoms with E-state index in [1.165, 1.54) is 0 Å². The van der Waals surface area contributed by atoms with Crippen LogP contribution in [0.15, 0.2) is 30.3 Å². The Morgan fingerprint density at radius 1 is 1.10 bits per heavy atom. The largest absolute Gasteiger partial charge is 0.341 e. The van der Waals surface area contributed by atoms with Crippen molar-refractivity contribution in [2.24, 2.45) is 5.73 Å². The third-order valence-corrected chi connectivity index (χ3v) is 3.82. The normalized spacial score (nSPS) is 16.9. The molecule has 0 saturated carbocycles. The van der Waals surface area contributed by atoms with Crippen LogP contribution in [0.4, 0.5) is 0 Å². The molecule has 2 rings (SSSR count). The van der Waals surface area contributed by atoms with Crippen molar-refractivity contribution in [2.75, 3.05) is 39.3 Å². The first-order valence-corrected chi connectivity index (χ1v) is 7.53. The Labute approximate surface area is 121 Å². The van der Waals surface area contributed by atoms with Crippen LogP contribution in [0.3, 0.4) is 0 Å². The first kappa shape index (κ1) is 15.0. The van der Waals surface area contributed by atoms with Gasteiger partial charge >= 0.3 is 0 Å². The van der Waals surface area contributed by atoms with E-state index in [2.05, 4.69) is 4.90 Å². The van der Waals surface area contributed by atoms with E-state index in [0.717, 1.165) is 57.7 Å². The minimum absolute atomic E-state index is 0.247. The van der Waals surface area contributed by atoms with Gasteiger partial charge in [0, 0.05) is 19.6 Å². The summed E-state index contributed by atoms with van der Waals surface area (Å²) in [5, 5.41) is 0. The maximum absolute atomic E-state index is 12.3. The number of benzene rings is 1. The molecule has 4 heteroatoms. The Morgan fingerprint density at radius 2 is 1.90 bits per heavy atom. The van der Waals surface area contributed by atoms with Gasteiger partial charge in [0.2, 0.25) is 5.91 Å². The van der Waals surface area contributed by atoms with Crippen LogP contribution in [0, 0.1) is 0 Å². The van der Waals surface area contributed by atoms with Gasteiger partial charge in [0.1, 0.15) is 0 Å². The maximum Gasteiger partial charge on any atom is 0.227 e. The van der Waals surface area contributed by atoms with Crippen LogP contribution >= 0.6 is 0 Å². The van der Waals surface area contributed by atoms with E-state index in [-0.39, 0.29) is 5.91 Å². The highest BCUT2D eigenvalue weighted by molar-refractivity contribution is 5.78. The van der Waals surface area contributed by atoms with Crippen LogP contribution in [-0.2, 0) is 11.2 Å². The third-order valence-electron chi connectivity index (χ3n) is 3.82. The van der Waals surface area contributed by atoms with Crippen molar-refractivity contribution in [2.45, 2.75) is 19.3 Å². The van der Waals surface area contributed by atoms with Gasteiger partial charge in [0.15, 0.2) is 0 Å². The maximum atomic E-state index is 12.3.